The van der Waals surface area contributed by atoms with Gasteiger partial charge in [-0.2, -0.15) is 0 Å². The summed E-state index contributed by atoms with van der Waals surface area (Å²) in [4.78, 5) is 17.0. The first-order valence-corrected chi connectivity index (χ1v) is 8.30. The zero-order valence-corrected chi connectivity index (χ0v) is 12.9. The van der Waals surface area contributed by atoms with Gasteiger partial charge in [0, 0.05) is 11.4 Å². The summed E-state index contributed by atoms with van der Waals surface area (Å²) in [5.74, 6) is 0.670. The van der Waals surface area contributed by atoms with Gasteiger partial charge in [-0.05, 0) is 48.9 Å². The molecule has 0 spiro atoms. The zero-order chi connectivity index (χ0) is 14.8. The minimum absolute atomic E-state index is 0.00906. The second kappa shape index (κ2) is 4.29. The van der Waals surface area contributed by atoms with Gasteiger partial charge < -0.3 is 4.90 Å². The summed E-state index contributed by atoms with van der Waals surface area (Å²) in [5.41, 5.74) is 0.932. The fourth-order valence-corrected chi connectivity index (χ4v) is 5.00. The van der Waals surface area contributed by atoms with E-state index in [1.54, 1.807) is 4.90 Å². The van der Waals surface area contributed by atoms with Gasteiger partial charge in [0.05, 0.1) is 5.69 Å². The number of rotatable bonds is 1. The van der Waals surface area contributed by atoms with Crippen LogP contribution in [0.2, 0.25) is 0 Å². The molecule has 2 saturated heterocycles. The summed E-state index contributed by atoms with van der Waals surface area (Å²) in [6.45, 7) is 0. The smallest absolute Gasteiger partial charge is 0.256 e. The van der Waals surface area contributed by atoms with Crippen LogP contribution in [-0.4, -0.2) is 28.0 Å². The van der Waals surface area contributed by atoms with Crippen molar-refractivity contribution in [3.63, 3.8) is 0 Å². The maximum atomic E-state index is 13.0. The van der Waals surface area contributed by atoms with Crippen LogP contribution in [0.4, 0.5) is 5.69 Å². The van der Waals surface area contributed by atoms with Crippen LogP contribution in [0.5, 0.6) is 0 Å². The second-order valence-corrected chi connectivity index (χ2v) is 6.90. The summed E-state index contributed by atoms with van der Waals surface area (Å²) in [6, 6.07) is 14.7. The first kappa shape index (κ1) is 12.6. The molecule has 0 N–H and O–H groups in total. The van der Waals surface area contributed by atoms with Gasteiger partial charge in [0.1, 0.15) is 6.04 Å². The number of nitrogens with zero attached hydrogens (tertiary/aromatic N) is 2. The Morgan fingerprint density at radius 3 is 2.73 bits per heavy atom. The monoisotopic (exact) mass is 308 g/mol. The molecule has 5 rings (SSSR count). The first-order chi connectivity index (χ1) is 10.8. The normalized spacial score (nSPS) is 29.7. The molecule has 2 aliphatic heterocycles. The van der Waals surface area contributed by atoms with Crippen LogP contribution in [0.1, 0.15) is 19.3 Å². The number of hydrogen-bond acceptors (Lipinski definition) is 2. The summed E-state index contributed by atoms with van der Waals surface area (Å²) in [7, 11) is 0. The molecule has 2 aromatic carbocycles. The van der Waals surface area contributed by atoms with E-state index in [9.17, 15) is 4.79 Å². The Hall–Kier alpha value is -1.94. The third-order valence-corrected chi connectivity index (χ3v) is 5.87. The van der Waals surface area contributed by atoms with E-state index < -0.39 is 0 Å². The van der Waals surface area contributed by atoms with Crippen molar-refractivity contribution in [1.82, 2.24) is 4.90 Å². The molecule has 2 aromatic rings. The molecule has 22 heavy (non-hydrogen) atoms. The number of hydrogen-bond donors (Lipinski definition) is 0. The van der Waals surface area contributed by atoms with E-state index in [0.717, 1.165) is 22.9 Å². The van der Waals surface area contributed by atoms with Gasteiger partial charge in [0.25, 0.3) is 5.91 Å². The van der Waals surface area contributed by atoms with Gasteiger partial charge in [-0.3, -0.25) is 9.69 Å². The third-order valence-electron chi connectivity index (χ3n) is 5.48. The lowest BCUT2D eigenvalue weighted by atomic mass is 9.99. The molecular formula is C18H16N2OS. The van der Waals surface area contributed by atoms with Crippen molar-refractivity contribution in [1.29, 1.82) is 0 Å². The molecule has 2 bridgehead atoms. The van der Waals surface area contributed by atoms with Gasteiger partial charge in [0.2, 0.25) is 0 Å². The largest absolute Gasteiger partial charge is 0.333 e. The highest BCUT2D eigenvalue weighted by Crippen LogP contribution is 2.47. The standard InChI is InChI=1S/C18H16N2OS/c21-17-16-12-8-9-13(10-12)19(16)18(22)20(17)15-7-3-5-11-4-1-2-6-14(11)15/h1-7,12-13,16H,8-10H2. The Morgan fingerprint density at radius 1 is 1.05 bits per heavy atom. The number of carbonyl (C=O) groups excluding carboxylic acids is 1. The lowest BCUT2D eigenvalue weighted by Gasteiger charge is -2.28. The fraction of sp³-hybridized carbons (Fsp3) is 0.333. The SMILES string of the molecule is O=C1C2C3CCC(C3)N2C(=S)N1c1cccc2ccccc12. The molecule has 0 aromatic heterocycles. The average molecular weight is 308 g/mol. The molecule has 3 aliphatic rings. The van der Waals surface area contributed by atoms with Crippen LogP contribution >= 0.6 is 12.2 Å². The topological polar surface area (TPSA) is 23.6 Å². The number of fused-ring (bicyclic) bond motifs is 6. The molecule has 4 heteroatoms. The van der Waals surface area contributed by atoms with E-state index >= 15 is 0 Å². The average Bonchev–Trinajstić information content (AvgIpc) is 3.21. The molecule has 1 aliphatic carbocycles. The van der Waals surface area contributed by atoms with Gasteiger partial charge in [0.15, 0.2) is 5.11 Å². The molecular weight excluding hydrogens is 292 g/mol. The van der Waals surface area contributed by atoms with Gasteiger partial charge >= 0.3 is 0 Å². The minimum atomic E-state index is -0.00906. The van der Waals surface area contributed by atoms with Crippen molar-refractivity contribution >= 4 is 39.7 Å². The molecule has 2 heterocycles. The summed E-state index contributed by atoms with van der Waals surface area (Å²) < 4.78 is 0. The molecule has 0 radical (unpaired) electrons. The molecule has 3 fully saturated rings. The van der Waals surface area contributed by atoms with Crippen molar-refractivity contribution in [3.8, 4) is 0 Å². The highest BCUT2D eigenvalue weighted by Gasteiger charge is 2.57. The van der Waals surface area contributed by atoms with Crippen LogP contribution in [0.25, 0.3) is 10.8 Å². The Labute approximate surface area is 134 Å². The van der Waals surface area contributed by atoms with Crippen molar-refractivity contribution in [2.45, 2.75) is 31.3 Å². The first-order valence-electron chi connectivity index (χ1n) is 7.90. The number of anilines is 1. The summed E-state index contributed by atoms with van der Waals surface area (Å²) in [5, 5.41) is 2.94. The highest BCUT2D eigenvalue weighted by molar-refractivity contribution is 7.80. The lowest BCUT2D eigenvalue weighted by Crippen LogP contribution is -2.40. The van der Waals surface area contributed by atoms with Gasteiger partial charge in [-0.1, -0.05) is 36.4 Å². The van der Waals surface area contributed by atoms with Crippen molar-refractivity contribution in [2.24, 2.45) is 5.92 Å². The van der Waals surface area contributed by atoms with Gasteiger partial charge in [-0.25, -0.2) is 0 Å². The predicted octanol–water partition coefficient (Wildman–Crippen LogP) is 3.32. The minimum Gasteiger partial charge on any atom is -0.333 e. The Kier molecular flexibility index (Phi) is 2.46. The van der Waals surface area contributed by atoms with E-state index in [-0.39, 0.29) is 11.9 Å². The zero-order valence-electron chi connectivity index (χ0n) is 12.1. The number of thiocarbonyl (C=S) groups is 1. The summed E-state index contributed by atoms with van der Waals surface area (Å²) >= 11 is 5.70. The number of carbonyl (C=O) groups is 1. The Balaban J connectivity index is 1.66. The molecule has 1 amide bonds. The quantitative estimate of drug-likeness (QED) is 0.755. The van der Waals surface area contributed by atoms with Crippen molar-refractivity contribution in [2.75, 3.05) is 4.90 Å². The molecule has 1 saturated carbocycles. The number of amides is 1. The van der Waals surface area contributed by atoms with E-state index in [0.29, 0.717) is 17.1 Å². The summed E-state index contributed by atoms with van der Waals surface area (Å²) in [6.07, 6.45) is 3.49. The Morgan fingerprint density at radius 2 is 1.86 bits per heavy atom. The number of piperidine rings is 1. The fourth-order valence-electron chi connectivity index (χ4n) is 4.55. The van der Waals surface area contributed by atoms with Crippen LogP contribution in [0, 0.1) is 5.92 Å². The van der Waals surface area contributed by atoms with Crippen LogP contribution in [0.3, 0.4) is 0 Å². The molecule has 3 unspecified atom stereocenters. The van der Waals surface area contributed by atoms with E-state index in [1.807, 2.05) is 24.3 Å². The Bertz CT molecular complexity index is 784. The molecule has 110 valence electrons. The lowest BCUT2D eigenvalue weighted by molar-refractivity contribution is -0.120. The molecule has 3 atom stereocenters. The van der Waals surface area contributed by atoms with Crippen LogP contribution in [-0.2, 0) is 4.79 Å². The van der Waals surface area contributed by atoms with E-state index in [1.165, 1.54) is 12.8 Å². The van der Waals surface area contributed by atoms with E-state index in [4.69, 9.17) is 12.2 Å². The van der Waals surface area contributed by atoms with Crippen LogP contribution in [0.15, 0.2) is 42.5 Å². The molecule has 3 nitrogen and oxygen atoms in total. The highest BCUT2D eigenvalue weighted by atomic mass is 32.1. The van der Waals surface area contributed by atoms with Crippen LogP contribution < -0.4 is 4.90 Å². The van der Waals surface area contributed by atoms with Crippen molar-refractivity contribution in [3.05, 3.63) is 42.5 Å². The second-order valence-electron chi connectivity index (χ2n) is 6.53. The van der Waals surface area contributed by atoms with E-state index in [2.05, 4.69) is 23.1 Å². The maximum Gasteiger partial charge on any atom is 0.256 e. The predicted molar refractivity (Wildman–Crippen MR) is 90.8 cm³/mol. The maximum absolute atomic E-state index is 13.0. The van der Waals surface area contributed by atoms with Crippen molar-refractivity contribution < 1.29 is 4.79 Å². The number of benzene rings is 2. The third kappa shape index (κ3) is 1.46. The van der Waals surface area contributed by atoms with Gasteiger partial charge in [-0.15, -0.1) is 0 Å².